The van der Waals surface area contributed by atoms with E-state index in [2.05, 4.69) is 0 Å². The highest BCUT2D eigenvalue weighted by atomic mass is 32.5. The number of hydrogen-bond acceptors (Lipinski definition) is 3. The Bertz CT molecular complexity index is 406. The molecular formula is C10H15F5O3S. The van der Waals surface area contributed by atoms with Gasteiger partial charge in [-0.1, -0.05) is 19.4 Å². The summed E-state index contributed by atoms with van der Waals surface area (Å²) in [7, 11) is -6.97. The molecule has 2 rings (SSSR count). The van der Waals surface area contributed by atoms with E-state index in [1.165, 1.54) is 14.2 Å². The van der Waals surface area contributed by atoms with E-state index in [1.807, 2.05) is 0 Å². The van der Waals surface area contributed by atoms with Crippen molar-refractivity contribution >= 4 is 10.2 Å². The fourth-order valence-electron chi connectivity index (χ4n) is 2.70. The molecule has 0 aliphatic carbocycles. The summed E-state index contributed by atoms with van der Waals surface area (Å²) in [4.78, 5) is -1.82. The predicted molar refractivity (Wildman–Crippen MR) is 60.6 cm³/mol. The maximum absolute atomic E-state index is 12.9. The first-order valence-corrected chi connectivity index (χ1v) is 7.52. The minimum absolute atomic E-state index is 0.0830. The van der Waals surface area contributed by atoms with Crippen molar-refractivity contribution in [3.63, 3.8) is 0 Å². The summed E-state index contributed by atoms with van der Waals surface area (Å²) >= 11 is 0. The van der Waals surface area contributed by atoms with E-state index < -0.39 is 39.2 Å². The van der Waals surface area contributed by atoms with Crippen LogP contribution in [0.1, 0.15) is 0 Å². The Balaban J connectivity index is 2.35. The van der Waals surface area contributed by atoms with Gasteiger partial charge in [-0.15, -0.1) is 0 Å². The smallest absolute Gasteiger partial charge is 0.309 e. The van der Waals surface area contributed by atoms with Crippen molar-refractivity contribution < 1.29 is 33.6 Å². The molecule has 9 heteroatoms. The Hall–Kier alpha value is -0.380. The highest BCUT2D eigenvalue weighted by Crippen LogP contribution is 3.03. The summed E-state index contributed by atoms with van der Waals surface area (Å²) in [6.45, 7) is 0.0552. The number of rotatable bonds is 5. The molecule has 0 unspecified atom stereocenters. The van der Waals surface area contributed by atoms with Crippen LogP contribution in [0.25, 0.3) is 0 Å². The summed E-state index contributed by atoms with van der Waals surface area (Å²) < 4.78 is 79.2. The van der Waals surface area contributed by atoms with Crippen LogP contribution in [0.15, 0.2) is 11.0 Å². The second-order valence-electron chi connectivity index (χ2n) is 4.80. The van der Waals surface area contributed by atoms with Gasteiger partial charge in [0, 0.05) is 26.1 Å². The lowest BCUT2D eigenvalue weighted by Gasteiger charge is -2.45. The van der Waals surface area contributed by atoms with Crippen LogP contribution in [-0.2, 0) is 14.2 Å². The molecule has 19 heavy (non-hydrogen) atoms. The van der Waals surface area contributed by atoms with Crippen LogP contribution in [0.3, 0.4) is 0 Å². The van der Waals surface area contributed by atoms with Gasteiger partial charge in [0.1, 0.15) is 11.0 Å². The van der Waals surface area contributed by atoms with Crippen molar-refractivity contribution in [2.45, 2.75) is 12.2 Å². The Morgan fingerprint density at radius 1 is 1.05 bits per heavy atom. The fraction of sp³-hybridized carbons (Fsp3) is 0.800. The highest BCUT2D eigenvalue weighted by Gasteiger charge is 2.73. The van der Waals surface area contributed by atoms with Gasteiger partial charge < -0.3 is 14.2 Å². The summed E-state index contributed by atoms with van der Waals surface area (Å²) in [6.07, 6.45) is -2.16. The van der Waals surface area contributed by atoms with Crippen LogP contribution < -0.4 is 0 Å². The maximum Gasteiger partial charge on any atom is 0.309 e. The molecule has 2 heterocycles. The number of hydrogen-bond donors (Lipinski definition) is 0. The van der Waals surface area contributed by atoms with Crippen LogP contribution >= 0.6 is 10.2 Å². The van der Waals surface area contributed by atoms with Gasteiger partial charge in [-0.05, 0) is 6.08 Å². The molecular weight excluding hydrogens is 295 g/mol. The molecule has 0 aromatic carbocycles. The Kier molecular flexibility index (Phi) is 3.03. The van der Waals surface area contributed by atoms with Gasteiger partial charge in [0.25, 0.3) is 0 Å². The average molecular weight is 310 g/mol. The quantitative estimate of drug-likeness (QED) is 0.728. The zero-order valence-electron chi connectivity index (χ0n) is 10.3. The molecule has 0 aromatic rings. The summed E-state index contributed by atoms with van der Waals surface area (Å²) in [5, 5.41) is 0. The molecule has 3 nitrogen and oxygen atoms in total. The van der Waals surface area contributed by atoms with E-state index in [9.17, 15) is 19.4 Å². The monoisotopic (exact) mass is 310 g/mol. The van der Waals surface area contributed by atoms with E-state index in [-0.39, 0.29) is 13.2 Å². The van der Waals surface area contributed by atoms with E-state index >= 15 is 0 Å². The fourth-order valence-corrected chi connectivity index (χ4v) is 3.76. The van der Waals surface area contributed by atoms with Crippen LogP contribution in [0.5, 0.6) is 0 Å². The van der Waals surface area contributed by atoms with Crippen LogP contribution in [0, 0.1) is 11.8 Å². The lowest BCUT2D eigenvalue weighted by atomic mass is 9.84. The molecule has 1 saturated heterocycles. The molecule has 0 saturated carbocycles. The Morgan fingerprint density at radius 2 is 1.58 bits per heavy atom. The van der Waals surface area contributed by atoms with Gasteiger partial charge in [-0.2, -0.15) is 0 Å². The zero-order valence-corrected chi connectivity index (χ0v) is 11.1. The molecule has 4 atom stereocenters. The molecule has 2 bridgehead atoms. The second kappa shape index (κ2) is 3.84. The molecule has 0 amide bonds. The Labute approximate surface area is 107 Å². The first-order valence-electron chi connectivity index (χ1n) is 5.57. The SMILES string of the molecule is COC[C@@H]1[C@H](COC)[C@@H]2O[C@H]1C=C2S(F)(F)(F)(F)F. The predicted octanol–water partition coefficient (Wildman–Crippen LogP) is 3.48. The molecule has 0 radical (unpaired) electrons. The third-order valence-corrected chi connectivity index (χ3v) is 4.70. The number of halogens is 5. The van der Waals surface area contributed by atoms with E-state index in [0.717, 1.165) is 0 Å². The molecule has 1 fully saturated rings. The Morgan fingerprint density at radius 3 is 2.05 bits per heavy atom. The van der Waals surface area contributed by atoms with Crippen LogP contribution in [0.4, 0.5) is 19.4 Å². The topological polar surface area (TPSA) is 27.7 Å². The largest absolute Gasteiger partial charge is 0.384 e. The number of fused-ring (bicyclic) bond motifs is 2. The molecule has 114 valence electrons. The van der Waals surface area contributed by atoms with Gasteiger partial charge >= 0.3 is 10.2 Å². The summed E-state index contributed by atoms with van der Waals surface area (Å²) in [5.74, 6) is -1.18. The molecule has 0 aromatic heterocycles. The standard InChI is InChI=1S/C10H15F5O3S/c1-16-4-6-7(5-17-2)10-9(3-8(6)18-10)19(11,12,13,14)15/h3,6-8,10H,4-5H2,1-2H3/t6-,7+,8+,10+/m1/s1. The van der Waals surface area contributed by atoms with Gasteiger partial charge in [0.2, 0.25) is 0 Å². The lowest BCUT2D eigenvalue weighted by Crippen LogP contribution is -2.35. The maximum atomic E-state index is 12.9. The third kappa shape index (κ3) is 2.74. The minimum atomic E-state index is -9.67. The first-order chi connectivity index (χ1) is 8.47. The van der Waals surface area contributed by atoms with Gasteiger partial charge in [0.05, 0.1) is 19.3 Å². The summed E-state index contributed by atoms with van der Waals surface area (Å²) in [5.41, 5.74) is 0. The van der Waals surface area contributed by atoms with Crippen molar-refractivity contribution in [2.75, 3.05) is 27.4 Å². The van der Waals surface area contributed by atoms with Crippen molar-refractivity contribution in [2.24, 2.45) is 11.8 Å². The zero-order chi connectivity index (χ0) is 14.5. The average Bonchev–Trinajstić information content (AvgIpc) is 2.76. The van der Waals surface area contributed by atoms with Crippen molar-refractivity contribution in [1.82, 2.24) is 0 Å². The minimum Gasteiger partial charge on any atom is -0.384 e. The molecule has 2 aliphatic heterocycles. The van der Waals surface area contributed by atoms with Crippen LogP contribution in [-0.4, -0.2) is 39.6 Å². The van der Waals surface area contributed by atoms with E-state index in [1.54, 1.807) is 0 Å². The van der Waals surface area contributed by atoms with Gasteiger partial charge in [0.15, 0.2) is 0 Å². The van der Waals surface area contributed by atoms with Crippen molar-refractivity contribution in [3.8, 4) is 0 Å². The van der Waals surface area contributed by atoms with E-state index in [4.69, 9.17) is 14.2 Å². The summed E-state index contributed by atoms with van der Waals surface area (Å²) in [6, 6.07) is 0. The van der Waals surface area contributed by atoms with Crippen LogP contribution in [0.2, 0.25) is 0 Å². The van der Waals surface area contributed by atoms with Crippen molar-refractivity contribution in [3.05, 3.63) is 11.0 Å². The van der Waals surface area contributed by atoms with Gasteiger partial charge in [-0.25, -0.2) is 0 Å². The third-order valence-electron chi connectivity index (χ3n) is 3.44. The molecule has 0 spiro atoms. The van der Waals surface area contributed by atoms with E-state index in [0.29, 0.717) is 6.08 Å². The second-order valence-corrected chi connectivity index (χ2v) is 7.21. The number of ether oxygens (including phenoxy) is 3. The molecule has 2 aliphatic rings. The molecule has 0 N–H and O–H groups in total. The first kappa shape index (κ1) is 15.0. The van der Waals surface area contributed by atoms with Crippen molar-refractivity contribution in [1.29, 1.82) is 0 Å². The lowest BCUT2D eigenvalue weighted by molar-refractivity contribution is 0.0773. The van der Waals surface area contributed by atoms with Gasteiger partial charge in [-0.3, -0.25) is 0 Å². The number of methoxy groups -OCH3 is 2. The normalized spacial score (nSPS) is 37.9. The highest BCUT2D eigenvalue weighted by molar-refractivity contribution is 8.48.